The Balaban J connectivity index is 1.48. The summed E-state index contributed by atoms with van der Waals surface area (Å²) in [5.41, 5.74) is 0.703. The molecule has 0 saturated heterocycles. The van der Waals surface area contributed by atoms with Crippen LogP contribution in [-0.4, -0.2) is 30.8 Å². The molecule has 3 aromatic carbocycles. The minimum atomic E-state index is -0.768. The van der Waals surface area contributed by atoms with Crippen LogP contribution in [0.1, 0.15) is 15.9 Å². The lowest BCUT2D eigenvalue weighted by Crippen LogP contribution is -2.32. The number of nitrogens with one attached hydrogen (secondary N) is 1. The van der Waals surface area contributed by atoms with E-state index in [1.165, 1.54) is 18.2 Å². The Bertz CT molecular complexity index is 1030. The number of Topliss-reactive ketones (excluding diaryl/α,β-unsaturated/α-hetero) is 1. The number of carbonyl (C=O) groups is 3. The number of halogens is 1. The fourth-order valence-electron chi connectivity index (χ4n) is 2.82. The average molecular weight is 379 g/mol. The number of fused-ring (bicyclic) bond motifs is 1. The van der Waals surface area contributed by atoms with Crippen LogP contribution in [0, 0.1) is 5.82 Å². The third kappa shape index (κ3) is 4.79. The van der Waals surface area contributed by atoms with Gasteiger partial charge in [0.15, 0.2) is 6.61 Å². The Kier molecular flexibility index (Phi) is 6.11. The second-order valence-corrected chi connectivity index (χ2v) is 6.16. The summed E-state index contributed by atoms with van der Waals surface area (Å²) in [6.07, 6.45) is 0.114. The zero-order valence-electron chi connectivity index (χ0n) is 15.0. The van der Waals surface area contributed by atoms with Crippen molar-refractivity contribution in [3.63, 3.8) is 0 Å². The molecule has 0 fully saturated rings. The van der Waals surface area contributed by atoms with Gasteiger partial charge in [0.25, 0.3) is 0 Å². The van der Waals surface area contributed by atoms with Crippen molar-refractivity contribution < 1.29 is 23.5 Å². The topological polar surface area (TPSA) is 72.5 Å². The summed E-state index contributed by atoms with van der Waals surface area (Å²) in [6.45, 7) is -0.951. The van der Waals surface area contributed by atoms with Gasteiger partial charge in [-0.3, -0.25) is 14.4 Å². The predicted molar refractivity (Wildman–Crippen MR) is 102 cm³/mol. The molecule has 0 heterocycles. The first kappa shape index (κ1) is 19.2. The van der Waals surface area contributed by atoms with Crippen molar-refractivity contribution in [2.75, 3.05) is 13.2 Å². The SMILES string of the molecule is O=C(Cc1cccc2ccccc12)NCC(=O)OCC(=O)c1ccccc1F. The Labute approximate surface area is 161 Å². The molecule has 0 saturated carbocycles. The maximum atomic E-state index is 13.5. The molecule has 6 heteroatoms. The second kappa shape index (κ2) is 8.90. The van der Waals surface area contributed by atoms with Gasteiger partial charge < -0.3 is 10.1 Å². The molecular formula is C22H18FNO4. The maximum Gasteiger partial charge on any atom is 0.325 e. The summed E-state index contributed by atoms with van der Waals surface area (Å²) < 4.78 is 18.3. The second-order valence-electron chi connectivity index (χ2n) is 6.16. The van der Waals surface area contributed by atoms with Crippen molar-refractivity contribution in [3.8, 4) is 0 Å². The molecule has 1 amide bonds. The maximum absolute atomic E-state index is 13.5. The number of rotatable bonds is 7. The van der Waals surface area contributed by atoms with E-state index in [-0.39, 0.29) is 24.4 Å². The van der Waals surface area contributed by atoms with E-state index < -0.39 is 24.2 Å². The number of hydrogen-bond acceptors (Lipinski definition) is 4. The Morgan fingerprint density at radius 3 is 2.43 bits per heavy atom. The van der Waals surface area contributed by atoms with Gasteiger partial charge >= 0.3 is 5.97 Å². The average Bonchev–Trinajstić information content (AvgIpc) is 2.71. The number of ether oxygens (including phenoxy) is 1. The lowest BCUT2D eigenvalue weighted by atomic mass is 10.0. The molecule has 0 atom stereocenters. The van der Waals surface area contributed by atoms with E-state index >= 15 is 0 Å². The third-order valence-corrected chi connectivity index (χ3v) is 4.20. The van der Waals surface area contributed by atoms with Crippen molar-refractivity contribution in [2.45, 2.75) is 6.42 Å². The molecule has 0 radical (unpaired) electrons. The van der Waals surface area contributed by atoms with E-state index in [1.54, 1.807) is 0 Å². The van der Waals surface area contributed by atoms with E-state index in [4.69, 9.17) is 4.74 Å². The van der Waals surface area contributed by atoms with Crippen LogP contribution in [0.3, 0.4) is 0 Å². The summed E-state index contributed by atoms with van der Waals surface area (Å²) in [5.74, 6) is -2.43. The van der Waals surface area contributed by atoms with E-state index in [1.807, 2.05) is 42.5 Å². The van der Waals surface area contributed by atoms with Gasteiger partial charge in [0.1, 0.15) is 12.4 Å². The molecule has 28 heavy (non-hydrogen) atoms. The monoisotopic (exact) mass is 379 g/mol. The van der Waals surface area contributed by atoms with Gasteiger partial charge in [0, 0.05) is 0 Å². The van der Waals surface area contributed by atoms with Crippen molar-refractivity contribution in [2.24, 2.45) is 0 Å². The van der Waals surface area contributed by atoms with Gasteiger partial charge in [-0.25, -0.2) is 4.39 Å². The van der Waals surface area contributed by atoms with Crippen molar-refractivity contribution in [1.29, 1.82) is 0 Å². The Morgan fingerprint density at radius 1 is 0.893 bits per heavy atom. The van der Waals surface area contributed by atoms with Gasteiger partial charge in [0.2, 0.25) is 11.7 Å². The molecule has 3 aromatic rings. The highest BCUT2D eigenvalue weighted by Crippen LogP contribution is 2.18. The molecule has 3 rings (SSSR count). The van der Waals surface area contributed by atoms with Crippen molar-refractivity contribution >= 4 is 28.4 Å². The van der Waals surface area contributed by atoms with Crippen molar-refractivity contribution in [3.05, 3.63) is 83.7 Å². The summed E-state index contributed by atoms with van der Waals surface area (Å²) in [4.78, 5) is 35.7. The molecule has 0 bridgehead atoms. The Hall–Kier alpha value is -3.54. The van der Waals surface area contributed by atoms with Crippen LogP contribution in [0.5, 0.6) is 0 Å². The highest BCUT2D eigenvalue weighted by atomic mass is 19.1. The van der Waals surface area contributed by atoms with Crippen LogP contribution in [0.25, 0.3) is 10.8 Å². The molecule has 5 nitrogen and oxygen atoms in total. The quantitative estimate of drug-likeness (QED) is 0.506. The summed E-state index contributed by atoms with van der Waals surface area (Å²) in [7, 11) is 0. The Morgan fingerprint density at radius 2 is 1.61 bits per heavy atom. The van der Waals surface area contributed by atoms with Crippen LogP contribution >= 0.6 is 0 Å². The fourth-order valence-corrected chi connectivity index (χ4v) is 2.82. The minimum Gasteiger partial charge on any atom is -0.456 e. The van der Waals surface area contributed by atoms with Gasteiger partial charge in [-0.05, 0) is 28.5 Å². The molecule has 0 aliphatic carbocycles. The number of benzene rings is 3. The van der Waals surface area contributed by atoms with E-state index in [0.717, 1.165) is 22.4 Å². The summed E-state index contributed by atoms with van der Waals surface area (Å²) in [6, 6.07) is 18.8. The van der Waals surface area contributed by atoms with Crippen LogP contribution in [0.15, 0.2) is 66.7 Å². The first-order valence-corrected chi connectivity index (χ1v) is 8.71. The zero-order chi connectivity index (χ0) is 19.9. The predicted octanol–water partition coefficient (Wildman–Crippen LogP) is 3.06. The summed E-state index contributed by atoms with van der Waals surface area (Å²) in [5, 5.41) is 4.47. The molecule has 0 aromatic heterocycles. The first-order chi connectivity index (χ1) is 13.5. The minimum absolute atomic E-state index is 0.114. The largest absolute Gasteiger partial charge is 0.456 e. The molecular weight excluding hydrogens is 361 g/mol. The third-order valence-electron chi connectivity index (χ3n) is 4.20. The smallest absolute Gasteiger partial charge is 0.325 e. The van der Waals surface area contributed by atoms with Gasteiger partial charge in [-0.15, -0.1) is 0 Å². The van der Waals surface area contributed by atoms with E-state index in [0.29, 0.717) is 0 Å². The summed E-state index contributed by atoms with van der Waals surface area (Å²) >= 11 is 0. The fraction of sp³-hybridized carbons (Fsp3) is 0.136. The number of carbonyl (C=O) groups excluding carboxylic acids is 3. The molecule has 1 N–H and O–H groups in total. The van der Waals surface area contributed by atoms with E-state index in [9.17, 15) is 18.8 Å². The molecule has 0 aliphatic heterocycles. The van der Waals surface area contributed by atoms with Crippen LogP contribution in [-0.2, 0) is 20.7 Å². The highest BCUT2D eigenvalue weighted by molar-refractivity contribution is 5.98. The van der Waals surface area contributed by atoms with E-state index in [2.05, 4.69) is 5.32 Å². The standard InChI is InChI=1S/C22H18FNO4/c23-19-11-4-3-10-18(19)20(25)14-28-22(27)13-24-21(26)12-16-8-5-7-15-6-1-2-9-17(15)16/h1-11H,12-14H2,(H,24,26). The van der Waals surface area contributed by atoms with Crippen LogP contribution in [0.2, 0.25) is 0 Å². The van der Waals surface area contributed by atoms with Crippen LogP contribution in [0.4, 0.5) is 4.39 Å². The van der Waals surface area contributed by atoms with Crippen molar-refractivity contribution in [1.82, 2.24) is 5.32 Å². The molecule has 0 spiro atoms. The highest BCUT2D eigenvalue weighted by Gasteiger charge is 2.14. The zero-order valence-corrected chi connectivity index (χ0v) is 15.0. The van der Waals surface area contributed by atoms with Gasteiger partial charge in [0.05, 0.1) is 12.0 Å². The number of hydrogen-bond donors (Lipinski definition) is 1. The number of amides is 1. The van der Waals surface area contributed by atoms with Gasteiger partial charge in [-0.1, -0.05) is 54.6 Å². The number of esters is 1. The normalized spacial score (nSPS) is 10.5. The number of ketones is 1. The lowest BCUT2D eigenvalue weighted by molar-refractivity contribution is -0.142. The molecule has 0 aliphatic rings. The van der Waals surface area contributed by atoms with Crippen LogP contribution < -0.4 is 5.32 Å². The van der Waals surface area contributed by atoms with Gasteiger partial charge in [-0.2, -0.15) is 0 Å². The molecule has 0 unspecified atom stereocenters. The molecule has 142 valence electrons. The first-order valence-electron chi connectivity index (χ1n) is 8.71. The lowest BCUT2D eigenvalue weighted by Gasteiger charge is -2.08.